The quantitative estimate of drug-likeness (QED) is 0.490. The molecule has 2 heterocycles. The lowest BCUT2D eigenvalue weighted by molar-refractivity contribution is -0.128. The third-order valence-corrected chi connectivity index (χ3v) is 5.89. The van der Waals surface area contributed by atoms with E-state index in [9.17, 15) is 4.79 Å². The number of hydrogen-bond donors (Lipinski definition) is 0. The van der Waals surface area contributed by atoms with Crippen molar-refractivity contribution in [1.82, 2.24) is 14.9 Å². The van der Waals surface area contributed by atoms with E-state index in [1.165, 1.54) is 11.8 Å². The van der Waals surface area contributed by atoms with E-state index in [0.717, 1.165) is 40.5 Å². The second-order valence-corrected chi connectivity index (χ2v) is 7.49. The van der Waals surface area contributed by atoms with E-state index in [1.54, 1.807) is 13.4 Å². The number of aromatic nitrogens is 2. The van der Waals surface area contributed by atoms with Crippen molar-refractivity contribution in [2.45, 2.75) is 5.03 Å². The third kappa shape index (κ3) is 3.89. The van der Waals surface area contributed by atoms with Crippen molar-refractivity contribution in [1.29, 1.82) is 0 Å². The predicted octanol–water partition coefficient (Wildman–Crippen LogP) is 3.08. The average molecular weight is 395 g/mol. The summed E-state index contributed by atoms with van der Waals surface area (Å²) in [5.41, 5.74) is 1.98. The largest absolute Gasteiger partial charge is 0.495 e. The van der Waals surface area contributed by atoms with Gasteiger partial charge < -0.3 is 14.5 Å². The number of benzene rings is 2. The molecule has 1 aliphatic rings. The monoisotopic (exact) mass is 394 g/mol. The summed E-state index contributed by atoms with van der Waals surface area (Å²) >= 11 is 1.48. The maximum atomic E-state index is 12.7. The first-order chi connectivity index (χ1) is 13.8. The molecule has 0 saturated carbocycles. The Labute approximate surface area is 168 Å². The summed E-state index contributed by atoms with van der Waals surface area (Å²) in [6.45, 7) is 3.02. The van der Waals surface area contributed by atoms with Gasteiger partial charge in [0, 0.05) is 31.6 Å². The number of ether oxygens (including phenoxy) is 1. The maximum Gasteiger partial charge on any atom is 0.233 e. The van der Waals surface area contributed by atoms with E-state index in [-0.39, 0.29) is 5.91 Å². The zero-order valence-corrected chi connectivity index (χ0v) is 16.6. The van der Waals surface area contributed by atoms with Gasteiger partial charge in [0.25, 0.3) is 0 Å². The number of amides is 1. The number of para-hydroxylation sites is 3. The first kappa shape index (κ1) is 18.6. The number of thioether (sulfide) groups is 1. The van der Waals surface area contributed by atoms with Crippen LogP contribution in [0.3, 0.4) is 0 Å². The molecule has 4 rings (SSSR count). The molecule has 1 aromatic heterocycles. The highest BCUT2D eigenvalue weighted by Gasteiger charge is 2.23. The zero-order chi connectivity index (χ0) is 19.3. The molecular weight excluding hydrogens is 372 g/mol. The zero-order valence-electron chi connectivity index (χ0n) is 15.7. The molecule has 1 fully saturated rings. The Bertz CT molecular complexity index is 968. The minimum Gasteiger partial charge on any atom is -0.495 e. The SMILES string of the molecule is COc1ccccc1N1CCN(C(=O)CSc2ncnc3ccccc23)CC1. The van der Waals surface area contributed by atoms with Crippen LogP contribution >= 0.6 is 11.8 Å². The molecule has 1 aliphatic heterocycles. The first-order valence-corrected chi connectivity index (χ1v) is 10.2. The van der Waals surface area contributed by atoms with Gasteiger partial charge in [-0.05, 0) is 18.2 Å². The van der Waals surface area contributed by atoms with Crippen LogP contribution in [-0.4, -0.2) is 59.8 Å². The van der Waals surface area contributed by atoms with Crippen LogP contribution in [0.25, 0.3) is 10.9 Å². The van der Waals surface area contributed by atoms with Gasteiger partial charge in [0.2, 0.25) is 5.91 Å². The fourth-order valence-corrected chi connectivity index (χ4v) is 4.30. The highest BCUT2D eigenvalue weighted by Crippen LogP contribution is 2.29. The third-order valence-electron chi connectivity index (χ3n) is 4.90. The first-order valence-electron chi connectivity index (χ1n) is 9.24. The van der Waals surface area contributed by atoms with Gasteiger partial charge >= 0.3 is 0 Å². The Balaban J connectivity index is 1.35. The van der Waals surface area contributed by atoms with Gasteiger partial charge in [0.05, 0.1) is 24.1 Å². The molecule has 0 aliphatic carbocycles. The van der Waals surface area contributed by atoms with E-state index >= 15 is 0 Å². The Morgan fingerprint density at radius 1 is 1.04 bits per heavy atom. The number of piperazine rings is 1. The molecule has 2 aromatic carbocycles. The summed E-state index contributed by atoms with van der Waals surface area (Å²) in [7, 11) is 1.69. The fraction of sp³-hybridized carbons (Fsp3) is 0.286. The number of fused-ring (bicyclic) bond motifs is 1. The smallest absolute Gasteiger partial charge is 0.233 e. The molecule has 0 atom stereocenters. The van der Waals surface area contributed by atoms with Crippen molar-refractivity contribution in [3.63, 3.8) is 0 Å². The summed E-state index contributed by atoms with van der Waals surface area (Å²) in [4.78, 5) is 25.5. The Morgan fingerprint density at radius 2 is 1.79 bits per heavy atom. The summed E-state index contributed by atoms with van der Waals surface area (Å²) in [6, 6.07) is 15.9. The lowest BCUT2D eigenvalue weighted by atomic mass is 10.2. The number of nitrogens with zero attached hydrogens (tertiary/aromatic N) is 4. The number of hydrogen-bond acceptors (Lipinski definition) is 6. The minimum atomic E-state index is 0.146. The van der Waals surface area contributed by atoms with Gasteiger partial charge in [-0.3, -0.25) is 4.79 Å². The number of carbonyl (C=O) groups is 1. The number of methoxy groups -OCH3 is 1. The highest BCUT2D eigenvalue weighted by molar-refractivity contribution is 8.00. The molecule has 7 heteroatoms. The van der Waals surface area contributed by atoms with Gasteiger partial charge in [-0.15, -0.1) is 0 Å². The van der Waals surface area contributed by atoms with Crippen molar-refractivity contribution < 1.29 is 9.53 Å². The van der Waals surface area contributed by atoms with E-state index in [2.05, 4.69) is 20.9 Å². The van der Waals surface area contributed by atoms with Crippen molar-refractivity contribution >= 4 is 34.3 Å². The Hall–Kier alpha value is -2.80. The normalized spacial score (nSPS) is 14.3. The fourth-order valence-electron chi connectivity index (χ4n) is 3.40. The molecule has 0 radical (unpaired) electrons. The standard InChI is InChI=1S/C21H22N4O2S/c1-27-19-9-5-4-8-18(19)24-10-12-25(13-11-24)20(26)14-28-21-16-6-2-3-7-17(16)22-15-23-21/h2-9,15H,10-14H2,1H3. The topological polar surface area (TPSA) is 58.6 Å². The maximum absolute atomic E-state index is 12.7. The number of rotatable bonds is 5. The molecule has 0 unspecified atom stereocenters. The van der Waals surface area contributed by atoms with Crippen LogP contribution < -0.4 is 9.64 Å². The van der Waals surface area contributed by atoms with Gasteiger partial charge in [0.1, 0.15) is 17.1 Å². The molecule has 0 spiro atoms. The van der Waals surface area contributed by atoms with Gasteiger partial charge in [0.15, 0.2) is 0 Å². The van der Waals surface area contributed by atoms with Crippen LogP contribution in [0, 0.1) is 0 Å². The van der Waals surface area contributed by atoms with E-state index in [1.807, 2.05) is 47.4 Å². The number of anilines is 1. The summed E-state index contributed by atoms with van der Waals surface area (Å²) in [6.07, 6.45) is 1.56. The predicted molar refractivity (Wildman–Crippen MR) is 112 cm³/mol. The summed E-state index contributed by atoms with van der Waals surface area (Å²) in [5, 5.41) is 1.84. The van der Waals surface area contributed by atoms with Crippen LogP contribution in [0.15, 0.2) is 59.9 Å². The molecule has 3 aromatic rings. The van der Waals surface area contributed by atoms with Crippen LogP contribution in [-0.2, 0) is 4.79 Å². The Morgan fingerprint density at radius 3 is 2.61 bits per heavy atom. The molecule has 1 amide bonds. The second-order valence-electron chi connectivity index (χ2n) is 6.52. The van der Waals surface area contributed by atoms with Gasteiger partial charge in [-0.25, -0.2) is 9.97 Å². The van der Waals surface area contributed by atoms with Crippen molar-refractivity contribution in [3.8, 4) is 5.75 Å². The van der Waals surface area contributed by atoms with Crippen molar-refractivity contribution in [2.24, 2.45) is 0 Å². The van der Waals surface area contributed by atoms with Crippen molar-refractivity contribution in [2.75, 3.05) is 43.9 Å². The lowest BCUT2D eigenvalue weighted by Crippen LogP contribution is -2.49. The molecule has 0 N–H and O–H groups in total. The molecular formula is C21H22N4O2S. The summed E-state index contributed by atoms with van der Waals surface area (Å²) in [5.74, 6) is 1.40. The molecule has 0 bridgehead atoms. The van der Waals surface area contributed by atoms with E-state index in [4.69, 9.17) is 4.74 Å². The second kappa shape index (κ2) is 8.48. The highest BCUT2D eigenvalue weighted by atomic mass is 32.2. The molecule has 1 saturated heterocycles. The van der Waals surface area contributed by atoms with Crippen LogP contribution in [0.2, 0.25) is 0 Å². The molecule has 28 heavy (non-hydrogen) atoms. The van der Waals surface area contributed by atoms with Crippen LogP contribution in [0.1, 0.15) is 0 Å². The minimum absolute atomic E-state index is 0.146. The van der Waals surface area contributed by atoms with Crippen LogP contribution in [0.4, 0.5) is 5.69 Å². The van der Waals surface area contributed by atoms with Crippen molar-refractivity contribution in [3.05, 3.63) is 54.9 Å². The van der Waals surface area contributed by atoms with E-state index in [0.29, 0.717) is 18.8 Å². The van der Waals surface area contributed by atoms with Gasteiger partial charge in [-0.2, -0.15) is 0 Å². The molecule has 144 valence electrons. The number of carbonyl (C=O) groups excluding carboxylic acids is 1. The van der Waals surface area contributed by atoms with Crippen LogP contribution in [0.5, 0.6) is 5.75 Å². The van der Waals surface area contributed by atoms with Gasteiger partial charge in [-0.1, -0.05) is 42.1 Å². The average Bonchev–Trinajstić information content (AvgIpc) is 2.77. The Kier molecular flexibility index (Phi) is 5.62. The van der Waals surface area contributed by atoms with E-state index < -0.39 is 0 Å². The summed E-state index contributed by atoms with van der Waals surface area (Å²) < 4.78 is 5.46. The lowest BCUT2D eigenvalue weighted by Gasteiger charge is -2.36. The molecule has 6 nitrogen and oxygen atoms in total.